The molecule has 0 spiro atoms. The van der Waals surface area contributed by atoms with Gasteiger partial charge in [0.2, 0.25) is 0 Å². The monoisotopic (exact) mass is 296 g/mol. The van der Waals surface area contributed by atoms with Gasteiger partial charge in [-0.2, -0.15) is 0 Å². The summed E-state index contributed by atoms with van der Waals surface area (Å²) in [7, 11) is 0. The Labute approximate surface area is 121 Å². The molecule has 2 aromatic rings. The number of hydrogen-bond acceptors (Lipinski definition) is 1. The van der Waals surface area contributed by atoms with Crippen LogP contribution in [-0.2, 0) is 6.42 Å². The minimum Gasteiger partial charge on any atom is -0.294 e. The summed E-state index contributed by atoms with van der Waals surface area (Å²) in [6, 6.07) is 9.09. The van der Waals surface area contributed by atoms with Crippen molar-refractivity contribution in [1.82, 2.24) is 0 Å². The molecule has 0 saturated heterocycles. The van der Waals surface area contributed by atoms with Gasteiger partial charge >= 0.3 is 0 Å². The Morgan fingerprint density at radius 2 is 1.74 bits per heavy atom. The Bertz CT molecular complexity index is 618. The highest BCUT2D eigenvalue weighted by Gasteiger charge is 2.11. The fraction of sp³-hybridized carbons (Fsp3) is 0.133. The number of ketones is 1. The lowest BCUT2D eigenvalue weighted by Crippen LogP contribution is -2.05. The van der Waals surface area contributed by atoms with Gasteiger partial charge < -0.3 is 0 Å². The quantitative estimate of drug-likeness (QED) is 0.739. The van der Waals surface area contributed by atoms with Crippen LogP contribution in [0.5, 0.6) is 0 Å². The van der Waals surface area contributed by atoms with Crippen LogP contribution < -0.4 is 0 Å². The molecule has 0 unspecified atom stereocenters. The van der Waals surface area contributed by atoms with E-state index in [0.717, 1.165) is 5.56 Å². The first-order chi connectivity index (χ1) is 8.95. The Morgan fingerprint density at radius 3 is 2.37 bits per heavy atom. The van der Waals surface area contributed by atoms with Gasteiger partial charge in [0, 0.05) is 22.0 Å². The Morgan fingerprint density at radius 1 is 1.11 bits per heavy atom. The van der Waals surface area contributed by atoms with Crippen molar-refractivity contribution in [2.24, 2.45) is 0 Å². The summed E-state index contributed by atoms with van der Waals surface area (Å²) in [5.74, 6) is -0.490. The summed E-state index contributed by atoms with van der Waals surface area (Å²) >= 11 is 11.7. The Hall–Kier alpha value is -1.38. The standard InChI is InChI=1S/C15H11Cl2FO/c1-9-2-3-14(18)6-10(9)7-15(19)11-4-12(16)8-13(17)5-11/h2-6,8H,7H2,1H3. The molecule has 0 amide bonds. The van der Waals surface area contributed by atoms with Gasteiger partial charge in [0.05, 0.1) is 0 Å². The van der Waals surface area contributed by atoms with E-state index >= 15 is 0 Å². The molecule has 0 atom stereocenters. The van der Waals surface area contributed by atoms with Crippen molar-refractivity contribution in [3.8, 4) is 0 Å². The lowest BCUT2D eigenvalue weighted by Gasteiger charge is -2.06. The van der Waals surface area contributed by atoms with Gasteiger partial charge in [-0.3, -0.25) is 4.79 Å². The van der Waals surface area contributed by atoms with Crippen molar-refractivity contribution >= 4 is 29.0 Å². The number of carbonyl (C=O) groups is 1. The summed E-state index contributed by atoms with van der Waals surface area (Å²) in [6.07, 6.45) is 0.125. The number of rotatable bonds is 3. The molecule has 0 bridgehead atoms. The zero-order valence-electron chi connectivity index (χ0n) is 10.2. The predicted octanol–water partition coefficient (Wildman–Crippen LogP) is 4.87. The lowest BCUT2D eigenvalue weighted by atomic mass is 9.99. The van der Waals surface area contributed by atoms with E-state index in [4.69, 9.17) is 23.2 Å². The first-order valence-corrected chi connectivity index (χ1v) is 6.45. The third-order valence-corrected chi connectivity index (χ3v) is 3.28. The summed E-state index contributed by atoms with van der Waals surface area (Å²) in [5.41, 5.74) is 1.98. The van der Waals surface area contributed by atoms with E-state index in [2.05, 4.69) is 0 Å². The number of aryl methyl sites for hydroxylation is 1. The van der Waals surface area contributed by atoms with E-state index in [1.807, 2.05) is 6.92 Å². The molecule has 0 aliphatic heterocycles. The molecular formula is C15H11Cl2FO. The second kappa shape index (κ2) is 5.72. The van der Waals surface area contributed by atoms with E-state index in [1.54, 1.807) is 24.3 Å². The fourth-order valence-electron chi connectivity index (χ4n) is 1.82. The zero-order valence-corrected chi connectivity index (χ0v) is 11.7. The number of halogens is 3. The third-order valence-electron chi connectivity index (χ3n) is 2.85. The second-order valence-electron chi connectivity index (χ2n) is 4.33. The van der Waals surface area contributed by atoms with Gasteiger partial charge in [0.25, 0.3) is 0 Å². The third kappa shape index (κ3) is 3.55. The van der Waals surface area contributed by atoms with Crippen LogP contribution in [0.25, 0.3) is 0 Å². The average molecular weight is 297 g/mol. The van der Waals surface area contributed by atoms with Crippen molar-refractivity contribution in [1.29, 1.82) is 0 Å². The van der Waals surface area contributed by atoms with Crippen LogP contribution in [0.3, 0.4) is 0 Å². The highest BCUT2D eigenvalue weighted by Crippen LogP contribution is 2.21. The van der Waals surface area contributed by atoms with Crippen LogP contribution in [0, 0.1) is 12.7 Å². The summed E-state index contributed by atoms with van der Waals surface area (Å²) in [5, 5.41) is 0.818. The maximum absolute atomic E-state index is 13.2. The Balaban J connectivity index is 2.28. The number of Topliss-reactive ketones (excluding diaryl/α,β-unsaturated/α-hetero) is 1. The fourth-order valence-corrected chi connectivity index (χ4v) is 2.35. The second-order valence-corrected chi connectivity index (χ2v) is 5.20. The van der Waals surface area contributed by atoms with Gasteiger partial charge in [-0.15, -0.1) is 0 Å². The molecule has 0 fully saturated rings. The normalized spacial score (nSPS) is 10.5. The van der Waals surface area contributed by atoms with Crippen molar-refractivity contribution in [3.63, 3.8) is 0 Å². The topological polar surface area (TPSA) is 17.1 Å². The highest BCUT2D eigenvalue weighted by molar-refractivity contribution is 6.35. The molecule has 0 aliphatic rings. The molecule has 98 valence electrons. The first-order valence-electron chi connectivity index (χ1n) is 5.70. The van der Waals surface area contributed by atoms with E-state index in [-0.39, 0.29) is 18.0 Å². The molecule has 19 heavy (non-hydrogen) atoms. The van der Waals surface area contributed by atoms with Gasteiger partial charge in [-0.25, -0.2) is 4.39 Å². The smallest absolute Gasteiger partial charge is 0.167 e. The van der Waals surface area contributed by atoms with Crippen molar-refractivity contribution < 1.29 is 9.18 Å². The van der Waals surface area contributed by atoms with Gasteiger partial charge in [0.1, 0.15) is 5.82 Å². The number of hydrogen-bond donors (Lipinski definition) is 0. The Kier molecular flexibility index (Phi) is 4.23. The highest BCUT2D eigenvalue weighted by atomic mass is 35.5. The molecule has 0 aromatic heterocycles. The van der Waals surface area contributed by atoms with Crippen molar-refractivity contribution in [2.45, 2.75) is 13.3 Å². The van der Waals surface area contributed by atoms with Crippen LogP contribution in [0.4, 0.5) is 4.39 Å². The average Bonchev–Trinajstić information content (AvgIpc) is 2.32. The molecular weight excluding hydrogens is 286 g/mol. The van der Waals surface area contributed by atoms with Crippen LogP contribution in [0.1, 0.15) is 21.5 Å². The molecule has 0 radical (unpaired) electrons. The molecule has 2 rings (SSSR count). The van der Waals surface area contributed by atoms with Gasteiger partial charge in [0.15, 0.2) is 5.78 Å². The maximum Gasteiger partial charge on any atom is 0.167 e. The van der Waals surface area contributed by atoms with Crippen LogP contribution in [0.2, 0.25) is 10.0 Å². The number of benzene rings is 2. The zero-order chi connectivity index (χ0) is 14.0. The number of carbonyl (C=O) groups excluding carboxylic acids is 1. The maximum atomic E-state index is 13.2. The van der Waals surface area contributed by atoms with E-state index in [9.17, 15) is 9.18 Å². The van der Waals surface area contributed by atoms with Crippen LogP contribution in [-0.4, -0.2) is 5.78 Å². The summed E-state index contributed by atoms with van der Waals surface area (Å²) < 4.78 is 13.2. The predicted molar refractivity (Wildman–Crippen MR) is 75.6 cm³/mol. The van der Waals surface area contributed by atoms with Gasteiger partial charge in [-0.1, -0.05) is 29.3 Å². The minimum absolute atomic E-state index is 0.125. The molecule has 0 aliphatic carbocycles. The molecule has 2 aromatic carbocycles. The van der Waals surface area contributed by atoms with E-state index in [0.29, 0.717) is 21.2 Å². The molecule has 0 saturated carbocycles. The van der Waals surface area contributed by atoms with Crippen molar-refractivity contribution in [3.05, 3.63) is 69.0 Å². The van der Waals surface area contributed by atoms with E-state index < -0.39 is 0 Å². The van der Waals surface area contributed by atoms with E-state index in [1.165, 1.54) is 12.1 Å². The molecule has 0 N–H and O–H groups in total. The summed E-state index contributed by atoms with van der Waals surface area (Å²) in [4.78, 5) is 12.1. The molecule has 4 heteroatoms. The SMILES string of the molecule is Cc1ccc(F)cc1CC(=O)c1cc(Cl)cc(Cl)c1. The van der Waals surface area contributed by atoms with Crippen molar-refractivity contribution in [2.75, 3.05) is 0 Å². The summed E-state index contributed by atoms with van der Waals surface area (Å²) in [6.45, 7) is 1.84. The lowest BCUT2D eigenvalue weighted by molar-refractivity contribution is 0.0992. The first kappa shape index (κ1) is 14.0. The molecule has 0 heterocycles. The van der Waals surface area contributed by atoms with Gasteiger partial charge in [-0.05, 0) is 48.4 Å². The minimum atomic E-state index is -0.350. The van der Waals surface area contributed by atoms with Crippen LogP contribution >= 0.6 is 23.2 Å². The largest absolute Gasteiger partial charge is 0.294 e. The van der Waals surface area contributed by atoms with Crippen LogP contribution in [0.15, 0.2) is 36.4 Å². The molecule has 1 nitrogen and oxygen atoms in total.